The van der Waals surface area contributed by atoms with Crippen LogP contribution in [0.2, 0.25) is 0 Å². The Balaban J connectivity index is 1.67. The average molecular weight is 358 g/mol. The first-order valence-corrected chi connectivity index (χ1v) is 9.35. The van der Waals surface area contributed by atoms with Crippen LogP contribution in [0.4, 0.5) is 4.79 Å². The predicted molar refractivity (Wildman–Crippen MR) is 98.8 cm³/mol. The number of imide groups is 1. The molecule has 3 rings (SSSR count). The highest BCUT2D eigenvalue weighted by atomic mass is 32.2. The second-order valence-electron chi connectivity index (χ2n) is 6.74. The summed E-state index contributed by atoms with van der Waals surface area (Å²) in [5.74, 6) is 0.0961. The van der Waals surface area contributed by atoms with Gasteiger partial charge in [0.1, 0.15) is 6.54 Å². The zero-order chi connectivity index (χ0) is 18.0. The molecule has 3 amide bonds. The molecule has 25 heavy (non-hydrogen) atoms. The lowest BCUT2D eigenvalue weighted by atomic mass is 9.99. The topological polar surface area (TPSA) is 57.7 Å². The maximum absolute atomic E-state index is 12.5. The largest absolute Gasteiger partial charge is 0.341 e. The van der Waals surface area contributed by atoms with Crippen molar-refractivity contribution in [2.75, 3.05) is 19.6 Å². The fourth-order valence-electron chi connectivity index (χ4n) is 2.94. The van der Waals surface area contributed by atoms with Crippen molar-refractivity contribution < 1.29 is 14.4 Å². The van der Waals surface area contributed by atoms with Gasteiger partial charge in [-0.15, -0.1) is 0 Å². The highest BCUT2D eigenvalue weighted by Gasteiger charge is 2.37. The van der Waals surface area contributed by atoms with Gasteiger partial charge in [0, 0.05) is 13.1 Å². The molecule has 132 valence electrons. The van der Waals surface area contributed by atoms with E-state index in [-0.39, 0.29) is 23.6 Å². The summed E-state index contributed by atoms with van der Waals surface area (Å²) in [6.07, 6.45) is 3.65. The maximum atomic E-state index is 12.5. The molecule has 0 bridgehead atoms. The van der Waals surface area contributed by atoms with Gasteiger partial charge in [0.15, 0.2) is 0 Å². The number of benzene rings is 1. The van der Waals surface area contributed by atoms with E-state index in [1.807, 2.05) is 31.2 Å². The molecular formula is C19H22N2O3S. The Morgan fingerprint density at radius 2 is 1.84 bits per heavy atom. The molecule has 0 unspecified atom stereocenters. The summed E-state index contributed by atoms with van der Waals surface area (Å²) in [7, 11) is 0. The van der Waals surface area contributed by atoms with Crippen molar-refractivity contribution in [2.24, 2.45) is 5.92 Å². The van der Waals surface area contributed by atoms with E-state index in [2.05, 4.69) is 6.92 Å². The third-order valence-corrected chi connectivity index (χ3v) is 5.59. The number of amides is 3. The minimum Gasteiger partial charge on any atom is -0.341 e. The van der Waals surface area contributed by atoms with Gasteiger partial charge < -0.3 is 4.90 Å². The first-order chi connectivity index (χ1) is 11.9. The van der Waals surface area contributed by atoms with Gasteiger partial charge in [-0.3, -0.25) is 19.3 Å². The van der Waals surface area contributed by atoms with Crippen LogP contribution < -0.4 is 0 Å². The molecule has 5 nitrogen and oxygen atoms in total. The van der Waals surface area contributed by atoms with Crippen molar-refractivity contribution in [3.8, 4) is 0 Å². The van der Waals surface area contributed by atoms with Crippen LogP contribution in [0.25, 0.3) is 6.08 Å². The van der Waals surface area contributed by atoms with Crippen molar-refractivity contribution in [1.82, 2.24) is 9.80 Å². The quantitative estimate of drug-likeness (QED) is 0.778. The Labute approximate surface area is 152 Å². The van der Waals surface area contributed by atoms with Gasteiger partial charge in [0.05, 0.1) is 4.91 Å². The molecule has 0 N–H and O–H groups in total. The Morgan fingerprint density at radius 3 is 2.48 bits per heavy atom. The number of hydrogen-bond donors (Lipinski definition) is 0. The number of likely N-dealkylation sites (tertiary alicyclic amines) is 1. The van der Waals surface area contributed by atoms with Gasteiger partial charge in [0.25, 0.3) is 11.1 Å². The first-order valence-electron chi connectivity index (χ1n) is 8.54. The third-order valence-electron chi connectivity index (χ3n) is 4.68. The van der Waals surface area contributed by atoms with Crippen LogP contribution in [0, 0.1) is 12.8 Å². The third kappa shape index (κ3) is 4.12. The number of rotatable bonds is 3. The van der Waals surface area contributed by atoms with Crippen LogP contribution in [0.15, 0.2) is 29.2 Å². The Bertz CT molecular complexity index is 719. The Hall–Kier alpha value is -2.08. The monoisotopic (exact) mass is 358 g/mol. The SMILES string of the molecule is Cc1ccc(/C=C2\SC(=O)N(CC(=O)N3CCC(C)CC3)C2=O)cc1. The van der Waals surface area contributed by atoms with Crippen LogP contribution >= 0.6 is 11.8 Å². The van der Waals surface area contributed by atoms with E-state index < -0.39 is 0 Å². The molecule has 2 fully saturated rings. The zero-order valence-electron chi connectivity index (χ0n) is 14.5. The lowest BCUT2D eigenvalue weighted by Crippen LogP contribution is -2.45. The molecule has 0 aliphatic carbocycles. The molecule has 1 aromatic carbocycles. The standard InChI is InChI=1S/C19H22N2O3S/c1-13-3-5-15(6-4-13)11-16-18(23)21(19(24)25-16)12-17(22)20-9-7-14(2)8-10-20/h3-6,11,14H,7-10,12H2,1-2H3/b16-11-. The highest BCUT2D eigenvalue weighted by Crippen LogP contribution is 2.32. The van der Waals surface area contributed by atoms with E-state index in [9.17, 15) is 14.4 Å². The number of thioether (sulfide) groups is 1. The van der Waals surface area contributed by atoms with E-state index in [0.29, 0.717) is 23.9 Å². The predicted octanol–water partition coefficient (Wildman–Crippen LogP) is 3.29. The van der Waals surface area contributed by atoms with Gasteiger partial charge in [-0.25, -0.2) is 0 Å². The van der Waals surface area contributed by atoms with Crippen LogP contribution in [0.3, 0.4) is 0 Å². The minimum absolute atomic E-state index is 0.147. The zero-order valence-corrected chi connectivity index (χ0v) is 15.3. The normalized spacial score (nSPS) is 20.6. The molecule has 0 aromatic heterocycles. The number of aryl methyl sites for hydroxylation is 1. The van der Waals surface area contributed by atoms with Crippen molar-refractivity contribution >= 4 is 34.9 Å². The molecule has 2 aliphatic rings. The van der Waals surface area contributed by atoms with Crippen molar-refractivity contribution in [3.63, 3.8) is 0 Å². The fraction of sp³-hybridized carbons (Fsp3) is 0.421. The number of carbonyl (C=O) groups excluding carboxylic acids is 3. The van der Waals surface area contributed by atoms with Crippen LogP contribution in [0.1, 0.15) is 30.9 Å². The van der Waals surface area contributed by atoms with Gasteiger partial charge in [-0.2, -0.15) is 0 Å². The molecule has 2 heterocycles. The second-order valence-corrected chi connectivity index (χ2v) is 7.74. The molecule has 1 aromatic rings. The molecule has 2 saturated heterocycles. The number of nitrogens with zero attached hydrogens (tertiary/aromatic N) is 2. The summed E-state index contributed by atoms with van der Waals surface area (Å²) < 4.78 is 0. The van der Waals surface area contributed by atoms with Gasteiger partial charge in [0.2, 0.25) is 5.91 Å². The maximum Gasteiger partial charge on any atom is 0.294 e. The van der Waals surface area contributed by atoms with E-state index in [4.69, 9.17) is 0 Å². The van der Waals surface area contributed by atoms with Gasteiger partial charge >= 0.3 is 0 Å². The van der Waals surface area contributed by atoms with Crippen LogP contribution in [-0.2, 0) is 9.59 Å². The van der Waals surface area contributed by atoms with Crippen molar-refractivity contribution in [1.29, 1.82) is 0 Å². The summed E-state index contributed by atoms with van der Waals surface area (Å²) in [6.45, 7) is 5.41. The van der Waals surface area contributed by atoms with Crippen molar-refractivity contribution in [3.05, 3.63) is 40.3 Å². The lowest BCUT2D eigenvalue weighted by Gasteiger charge is -2.31. The average Bonchev–Trinajstić information content (AvgIpc) is 2.85. The van der Waals surface area contributed by atoms with Crippen LogP contribution in [-0.4, -0.2) is 46.5 Å². The van der Waals surface area contributed by atoms with E-state index in [1.54, 1.807) is 11.0 Å². The molecule has 0 spiro atoms. The molecular weight excluding hydrogens is 336 g/mol. The van der Waals surface area contributed by atoms with Crippen LogP contribution in [0.5, 0.6) is 0 Å². The summed E-state index contributed by atoms with van der Waals surface area (Å²) in [5.41, 5.74) is 2.00. The van der Waals surface area contributed by atoms with E-state index in [1.165, 1.54) is 0 Å². The molecule has 6 heteroatoms. The second kappa shape index (κ2) is 7.44. The molecule has 0 saturated carbocycles. The molecule has 0 atom stereocenters. The van der Waals surface area contributed by atoms with Gasteiger partial charge in [-0.1, -0.05) is 36.8 Å². The molecule has 0 radical (unpaired) electrons. The molecule has 2 aliphatic heterocycles. The lowest BCUT2D eigenvalue weighted by molar-refractivity contribution is -0.136. The summed E-state index contributed by atoms with van der Waals surface area (Å²) >= 11 is 0.898. The number of hydrogen-bond acceptors (Lipinski definition) is 4. The summed E-state index contributed by atoms with van der Waals surface area (Å²) in [4.78, 5) is 40.3. The van der Waals surface area contributed by atoms with E-state index >= 15 is 0 Å². The number of piperidine rings is 1. The smallest absolute Gasteiger partial charge is 0.294 e. The summed E-state index contributed by atoms with van der Waals surface area (Å²) in [5, 5.41) is -0.373. The summed E-state index contributed by atoms with van der Waals surface area (Å²) in [6, 6.07) is 7.72. The Kier molecular flexibility index (Phi) is 5.27. The van der Waals surface area contributed by atoms with Crippen molar-refractivity contribution in [2.45, 2.75) is 26.7 Å². The fourth-order valence-corrected chi connectivity index (χ4v) is 3.78. The first kappa shape index (κ1) is 17.7. The Morgan fingerprint density at radius 1 is 1.20 bits per heavy atom. The van der Waals surface area contributed by atoms with Gasteiger partial charge in [-0.05, 0) is 49.1 Å². The minimum atomic E-state index is -0.380. The van der Waals surface area contributed by atoms with E-state index in [0.717, 1.165) is 40.6 Å². The highest BCUT2D eigenvalue weighted by molar-refractivity contribution is 8.18. The number of carbonyl (C=O) groups is 3.